The van der Waals surface area contributed by atoms with Crippen LogP contribution in [0.3, 0.4) is 0 Å². The van der Waals surface area contributed by atoms with Crippen LogP contribution in [0.5, 0.6) is 5.75 Å². The molecule has 0 saturated heterocycles. The summed E-state index contributed by atoms with van der Waals surface area (Å²) < 4.78 is 7.86. The molecule has 139 valence electrons. The fraction of sp³-hybridized carbons (Fsp3) is 0.120. The number of benzene rings is 4. The highest BCUT2D eigenvalue weighted by Crippen LogP contribution is 2.52. The highest BCUT2D eigenvalue weighted by atomic mass is 32.1. The van der Waals surface area contributed by atoms with Gasteiger partial charge in [-0.3, -0.25) is 0 Å². The molecule has 5 aromatic rings. The van der Waals surface area contributed by atoms with Crippen molar-refractivity contribution in [2.45, 2.75) is 19.3 Å². The lowest BCUT2D eigenvalue weighted by molar-refractivity contribution is 0.454. The van der Waals surface area contributed by atoms with E-state index in [0.717, 1.165) is 7.69 Å². The summed E-state index contributed by atoms with van der Waals surface area (Å²) in [5.74, 6) is 0.650. The van der Waals surface area contributed by atoms with Crippen molar-refractivity contribution in [3.8, 4) is 16.9 Å². The maximum absolute atomic E-state index is 9.03. The van der Waals surface area contributed by atoms with Gasteiger partial charge < -0.3 is 9.68 Å². The average molecular weight is 393 g/mol. The Kier molecular flexibility index (Phi) is 3.44. The van der Waals surface area contributed by atoms with Crippen LogP contribution in [-0.2, 0) is 5.41 Å². The number of hydrogen-bond donors (Lipinski definition) is 1. The molecule has 0 atom stereocenters. The number of hydrogen-bond acceptors (Lipinski definition) is 3. The van der Waals surface area contributed by atoms with Crippen molar-refractivity contribution < 1.29 is 9.68 Å². The molecular formula is C25H18BO2S. The predicted octanol–water partition coefficient (Wildman–Crippen LogP) is 6.42. The Bertz CT molecular complexity index is 1450. The third-order valence-electron chi connectivity index (χ3n) is 6.32. The Morgan fingerprint density at radius 1 is 0.828 bits per heavy atom. The molecule has 29 heavy (non-hydrogen) atoms. The van der Waals surface area contributed by atoms with Crippen LogP contribution >= 0.6 is 11.3 Å². The zero-order chi connectivity index (χ0) is 19.8. The van der Waals surface area contributed by atoms with Gasteiger partial charge >= 0.3 is 7.69 Å². The first-order valence-corrected chi connectivity index (χ1v) is 10.6. The van der Waals surface area contributed by atoms with Crippen molar-refractivity contribution in [1.82, 2.24) is 0 Å². The van der Waals surface area contributed by atoms with Gasteiger partial charge in [-0.05, 0) is 63.4 Å². The van der Waals surface area contributed by atoms with Gasteiger partial charge in [0, 0.05) is 25.6 Å². The Morgan fingerprint density at radius 3 is 2.52 bits per heavy atom. The SMILES string of the molecule is CC1(C)c2ccc(O[B]O)cc2-c2cc3sc4ccc5ccccc5c4c3cc21. The molecule has 0 bridgehead atoms. The average Bonchev–Trinajstić information content (AvgIpc) is 3.20. The largest absolute Gasteiger partial charge is 0.569 e. The van der Waals surface area contributed by atoms with Gasteiger partial charge in [0.25, 0.3) is 0 Å². The molecule has 0 spiro atoms. The van der Waals surface area contributed by atoms with E-state index in [-0.39, 0.29) is 5.41 Å². The van der Waals surface area contributed by atoms with Crippen molar-refractivity contribution in [3.05, 3.63) is 77.9 Å². The quantitative estimate of drug-likeness (QED) is 0.351. The summed E-state index contributed by atoms with van der Waals surface area (Å²) >= 11 is 1.85. The van der Waals surface area contributed by atoms with Gasteiger partial charge in [0.1, 0.15) is 5.75 Å². The minimum absolute atomic E-state index is 0.0842. The molecule has 0 aliphatic heterocycles. The van der Waals surface area contributed by atoms with Crippen molar-refractivity contribution in [2.24, 2.45) is 0 Å². The summed E-state index contributed by atoms with van der Waals surface area (Å²) in [6.45, 7) is 4.57. The van der Waals surface area contributed by atoms with Gasteiger partial charge in [0.2, 0.25) is 0 Å². The van der Waals surface area contributed by atoms with Crippen LogP contribution in [0, 0.1) is 0 Å². The lowest BCUT2D eigenvalue weighted by Gasteiger charge is -2.21. The molecule has 0 amide bonds. The van der Waals surface area contributed by atoms with Crippen LogP contribution < -0.4 is 4.65 Å². The third-order valence-corrected chi connectivity index (χ3v) is 7.43. The molecule has 1 aromatic heterocycles. The lowest BCUT2D eigenvalue weighted by Crippen LogP contribution is -2.14. The van der Waals surface area contributed by atoms with Gasteiger partial charge in [-0.2, -0.15) is 0 Å². The molecule has 1 radical (unpaired) electrons. The van der Waals surface area contributed by atoms with Crippen LogP contribution in [-0.4, -0.2) is 12.7 Å². The van der Waals surface area contributed by atoms with Crippen LogP contribution in [0.4, 0.5) is 0 Å². The first kappa shape index (κ1) is 17.1. The van der Waals surface area contributed by atoms with E-state index in [1.807, 2.05) is 23.5 Å². The molecule has 1 heterocycles. The van der Waals surface area contributed by atoms with Gasteiger partial charge in [-0.1, -0.05) is 50.2 Å². The van der Waals surface area contributed by atoms with Gasteiger partial charge in [-0.25, -0.2) is 0 Å². The molecule has 2 nitrogen and oxygen atoms in total. The monoisotopic (exact) mass is 393 g/mol. The minimum atomic E-state index is -0.0842. The Labute approximate surface area is 173 Å². The fourth-order valence-electron chi connectivity index (χ4n) is 4.90. The Hall–Kier alpha value is -2.82. The zero-order valence-electron chi connectivity index (χ0n) is 16.2. The molecule has 1 aliphatic rings. The predicted molar refractivity (Wildman–Crippen MR) is 123 cm³/mol. The van der Waals surface area contributed by atoms with Crippen molar-refractivity contribution in [3.63, 3.8) is 0 Å². The number of rotatable bonds is 2. The van der Waals surface area contributed by atoms with E-state index in [1.54, 1.807) is 0 Å². The second-order valence-corrected chi connectivity index (χ2v) is 9.30. The van der Waals surface area contributed by atoms with Crippen LogP contribution in [0.1, 0.15) is 25.0 Å². The maximum Gasteiger partial charge on any atom is 0.569 e. The Balaban J connectivity index is 1.70. The molecule has 1 aliphatic carbocycles. The molecule has 1 N–H and O–H groups in total. The molecule has 6 rings (SSSR count). The van der Waals surface area contributed by atoms with E-state index < -0.39 is 0 Å². The van der Waals surface area contributed by atoms with E-state index in [2.05, 4.69) is 68.4 Å². The van der Waals surface area contributed by atoms with E-state index >= 15 is 0 Å². The molecule has 0 fully saturated rings. The summed E-state index contributed by atoms with van der Waals surface area (Å²) in [7, 11) is 0.739. The van der Waals surface area contributed by atoms with E-state index in [0.29, 0.717) is 5.75 Å². The lowest BCUT2D eigenvalue weighted by atomic mass is 9.82. The maximum atomic E-state index is 9.03. The van der Waals surface area contributed by atoms with Crippen LogP contribution in [0.25, 0.3) is 42.1 Å². The zero-order valence-corrected chi connectivity index (χ0v) is 17.0. The second-order valence-electron chi connectivity index (χ2n) is 8.21. The van der Waals surface area contributed by atoms with Crippen LogP contribution in [0.15, 0.2) is 66.7 Å². The first-order valence-electron chi connectivity index (χ1n) is 9.74. The fourth-order valence-corrected chi connectivity index (χ4v) is 6.05. The van der Waals surface area contributed by atoms with Gasteiger partial charge in [0.05, 0.1) is 0 Å². The molecule has 0 unspecified atom stereocenters. The normalized spacial score (nSPS) is 14.3. The van der Waals surface area contributed by atoms with Crippen molar-refractivity contribution in [2.75, 3.05) is 0 Å². The summed E-state index contributed by atoms with van der Waals surface area (Å²) in [4.78, 5) is 0. The van der Waals surface area contributed by atoms with Crippen molar-refractivity contribution in [1.29, 1.82) is 0 Å². The molecular weight excluding hydrogens is 375 g/mol. The van der Waals surface area contributed by atoms with E-state index in [4.69, 9.17) is 9.68 Å². The van der Waals surface area contributed by atoms with Crippen LogP contribution in [0.2, 0.25) is 0 Å². The molecule has 4 heteroatoms. The van der Waals surface area contributed by atoms with Crippen molar-refractivity contribution >= 4 is 50.0 Å². The highest BCUT2D eigenvalue weighted by molar-refractivity contribution is 7.26. The summed E-state index contributed by atoms with van der Waals surface area (Å²) in [5, 5.41) is 14.3. The smallest absolute Gasteiger partial charge is 0.537 e. The molecule has 0 saturated carbocycles. The first-order chi connectivity index (χ1) is 14.1. The van der Waals surface area contributed by atoms with Gasteiger partial charge in [-0.15, -0.1) is 11.3 Å². The number of thiophene rings is 1. The summed E-state index contributed by atoms with van der Waals surface area (Å²) in [6.07, 6.45) is 0. The van der Waals surface area contributed by atoms with E-state index in [1.165, 1.54) is 53.2 Å². The van der Waals surface area contributed by atoms with E-state index in [9.17, 15) is 0 Å². The minimum Gasteiger partial charge on any atom is -0.537 e. The van der Waals surface area contributed by atoms with Gasteiger partial charge in [0.15, 0.2) is 0 Å². The molecule has 4 aromatic carbocycles. The standard InChI is InChI=1S/C25H18BO2S/c1-25(2)20-9-8-15(28-26-27)11-17(20)18-13-23-19(12-21(18)25)24-16-6-4-3-5-14(16)7-10-22(24)29-23/h3-13,27H,1-2H3. The highest BCUT2D eigenvalue weighted by Gasteiger charge is 2.36. The third kappa shape index (κ3) is 2.27. The summed E-state index contributed by atoms with van der Waals surface area (Å²) in [6, 6.07) is 23.9. The topological polar surface area (TPSA) is 29.5 Å². The number of fused-ring (bicyclic) bond motifs is 8. The summed E-state index contributed by atoms with van der Waals surface area (Å²) in [5.41, 5.74) is 5.01. The second kappa shape index (κ2) is 5.85. The Morgan fingerprint density at radius 2 is 1.66 bits per heavy atom.